The highest BCUT2D eigenvalue weighted by atomic mass is 16.5. The molecule has 1 amide bonds. The van der Waals surface area contributed by atoms with Gasteiger partial charge in [-0.25, -0.2) is 0 Å². The van der Waals surface area contributed by atoms with Gasteiger partial charge in [0.15, 0.2) is 18.1 Å². The van der Waals surface area contributed by atoms with Crippen molar-refractivity contribution in [2.45, 2.75) is 32.2 Å². The normalized spacial score (nSPS) is 17.8. The molecule has 10 heteroatoms. The Hall–Kier alpha value is -3.04. The monoisotopic (exact) mass is 343 g/mol. The van der Waals surface area contributed by atoms with Crippen LogP contribution in [0.3, 0.4) is 0 Å². The van der Waals surface area contributed by atoms with Crippen molar-refractivity contribution in [3.8, 4) is 5.88 Å². The number of amides is 1. The highest BCUT2D eigenvalue weighted by Gasteiger charge is 2.32. The van der Waals surface area contributed by atoms with Crippen LogP contribution >= 0.6 is 0 Å². The van der Waals surface area contributed by atoms with Gasteiger partial charge in [-0.15, -0.1) is 15.3 Å². The molecule has 0 bridgehead atoms. The van der Waals surface area contributed by atoms with Crippen LogP contribution in [-0.2, 0) is 4.79 Å². The number of fused-ring (bicyclic) bond motifs is 1. The molecular formula is C15H17N7O3. The first-order valence-electron chi connectivity index (χ1n) is 8.10. The second-order valence-electron chi connectivity index (χ2n) is 5.87. The minimum atomic E-state index is -0.195. The lowest BCUT2D eigenvalue weighted by Crippen LogP contribution is -2.41. The van der Waals surface area contributed by atoms with E-state index in [0.29, 0.717) is 29.8 Å². The molecule has 4 heterocycles. The first kappa shape index (κ1) is 15.5. The molecule has 0 radical (unpaired) electrons. The Morgan fingerprint density at radius 2 is 2.32 bits per heavy atom. The van der Waals surface area contributed by atoms with Crippen LogP contribution in [0.4, 0.5) is 0 Å². The number of likely N-dealkylation sites (tertiary alicyclic amines) is 1. The molecule has 1 aliphatic rings. The van der Waals surface area contributed by atoms with E-state index in [1.807, 2.05) is 0 Å². The van der Waals surface area contributed by atoms with Gasteiger partial charge in [0.05, 0.1) is 0 Å². The number of carbonyl (C=O) groups is 1. The van der Waals surface area contributed by atoms with E-state index in [-0.39, 0.29) is 18.6 Å². The summed E-state index contributed by atoms with van der Waals surface area (Å²) >= 11 is 0. The van der Waals surface area contributed by atoms with E-state index in [9.17, 15) is 4.79 Å². The molecule has 25 heavy (non-hydrogen) atoms. The lowest BCUT2D eigenvalue weighted by molar-refractivity contribution is -0.138. The Balaban J connectivity index is 1.45. The molecule has 0 unspecified atom stereocenters. The van der Waals surface area contributed by atoms with Crippen molar-refractivity contribution in [1.29, 1.82) is 0 Å². The first-order chi connectivity index (χ1) is 12.2. The maximum atomic E-state index is 12.6. The average Bonchev–Trinajstić information content (AvgIpc) is 3.28. The summed E-state index contributed by atoms with van der Waals surface area (Å²) in [5.74, 6) is 1.25. The van der Waals surface area contributed by atoms with Crippen molar-refractivity contribution in [3.63, 3.8) is 0 Å². The van der Waals surface area contributed by atoms with Gasteiger partial charge in [0.25, 0.3) is 5.91 Å². The zero-order chi connectivity index (χ0) is 17.2. The smallest absolute Gasteiger partial charge is 0.261 e. The zero-order valence-electron chi connectivity index (χ0n) is 13.7. The molecule has 1 atom stereocenters. The summed E-state index contributed by atoms with van der Waals surface area (Å²) in [4.78, 5) is 18.6. The van der Waals surface area contributed by atoms with Crippen LogP contribution in [0.5, 0.6) is 5.88 Å². The zero-order valence-corrected chi connectivity index (χ0v) is 13.7. The summed E-state index contributed by atoms with van der Waals surface area (Å²) in [5.41, 5.74) is 0.613. The fourth-order valence-corrected chi connectivity index (χ4v) is 2.94. The maximum Gasteiger partial charge on any atom is 0.261 e. The SMILES string of the molecule is Cc1noc([C@H]2CCCCN2C(=O)COc2ccc3nncn3n2)n1. The number of rotatable bonds is 4. The summed E-state index contributed by atoms with van der Waals surface area (Å²) in [6, 6.07) is 3.19. The van der Waals surface area contributed by atoms with E-state index in [1.165, 1.54) is 10.8 Å². The van der Waals surface area contributed by atoms with Gasteiger partial charge in [0, 0.05) is 12.6 Å². The molecule has 10 nitrogen and oxygen atoms in total. The van der Waals surface area contributed by atoms with E-state index in [0.717, 1.165) is 19.3 Å². The number of aryl methyl sites for hydroxylation is 1. The average molecular weight is 343 g/mol. The molecule has 130 valence electrons. The Bertz CT molecular complexity index is 890. The maximum absolute atomic E-state index is 12.6. The van der Waals surface area contributed by atoms with Gasteiger partial charge in [0.1, 0.15) is 12.4 Å². The highest BCUT2D eigenvalue weighted by molar-refractivity contribution is 5.78. The summed E-state index contributed by atoms with van der Waals surface area (Å²) in [6.07, 6.45) is 4.24. The summed E-state index contributed by atoms with van der Waals surface area (Å²) in [5, 5.41) is 15.6. The summed E-state index contributed by atoms with van der Waals surface area (Å²) in [6.45, 7) is 2.30. The van der Waals surface area contributed by atoms with Crippen LogP contribution < -0.4 is 4.74 Å². The van der Waals surface area contributed by atoms with Crippen LogP contribution in [0.15, 0.2) is 23.0 Å². The van der Waals surface area contributed by atoms with Gasteiger partial charge in [-0.1, -0.05) is 5.16 Å². The van der Waals surface area contributed by atoms with E-state index in [4.69, 9.17) is 9.26 Å². The van der Waals surface area contributed by atoms with Crippen molar-refractivity contribution >= 4 is 11.6 Å². The van der Waals surface area contributed by atoms with Crippen molar-refractivity contribution in [2.75, 3.05) is 13.2 Å². The van der Waals surface area contributed by atoms with Gasteiger partial charge in [-0.3, -0.25) is 4.79 Å². The van der Waals surface area contributed by atoms with Crippen molar-refractivity contribution in [1.82, 2.24) is 34.9 Å². The van der Waals surface area contributed by atoms with E-state index in [2.05, 4.69) is 25.4 Å². The predicted octanol–water partition coefficient (Wildman–Crippen LogP) is 0.948. The Morgan fingerprint density at radius 3 is 3.16 bits per heavy atom. The molecule has 1 aliphatic heterocycles. The topological polar surface area (TPSA) is 112 Å². The van der Waals surface area contributed by atoms with E-state index >= 15 is 0 Å². The second-order valence-corrected chi connectivity index (χ2v) is 5.87. The fourth-order valence-electron chi connectivity index (χ4n) is 2.94. The minimum Gasteiger partial charge on any atom is -0.467 e. The Kier molecular flexibility index (Phi) is 4.00. The molecule has 0 spiro atoms. The van der Waals surface area contributed by atoms with Crippen LogP contribution in [0.1, 0.15) is 37.0 Å². The van der Waals surface area contributed by atoms with Crippen molar-refractivity contribution in [2.24, 2.45) is 0 Å². The van der Waals surface area contributed by atoms with Gasteiger partial charge in [-0.05, 0) is 32.3 Å². The third-order valence-electron chi connectivity index (χ3n) is 4.13. The molecule has 0 N–H and O–H groups in total. The molecule has 1 saturated heterocycles. The van der Waals surface area contributed by atoms with Gasteiger partial charge in [0.2, 0.25) is 11.8 Å². The molecule has 1 fully saturated rings. The standard InChI is InChI=1S/C15H17N7O3/c1-10-17-15(25-20-10)11-4-2-3-7-21(11)14(23)8-24-13-6-5-12-18-16-9-22(12)19-13/h5-6,9,11H,2-4,7-8H2,1H3/t11-/m1/s1. The molecule has 0 aromatic carbocycles. The quantitative estimate of drug-likeness (QED) is 0.688. The molecule has 3 aromatic heterocycles. The van der Waals surface area contributed by atoms with Crippen LogP contribution in [0.2, 0.25) is 0 Å². The first-order valence-corrected chi connectivity index (χ1v) is 8.10. The number of aromatic nitrogens is 6. The molecule has 4 rings (SSSR count). The minimum absolute atomic E-state index is 0.107. The van der Waals surface area contributed by atoms with Gasteiger partial charge < -0.3 is 14.2 Å². The van der Waals surface area contributed by atoms with Gasteiger partial charge >= 0.3 is 0 Å². The van der Waals surface area contributed by atoms with Crippen LogP contribution in [0.25, 0.3) is 5.65 Å². The molecular weight excluding hydrogens is 326 g/mol. The number of hydrogen-bond donors (Lipinski definition) is 0. The number of nitrogens with zero attached hydrogens (tertiary/aromatic N) is 7. The largest absolute Gasteiger partial charge is 0.467 e. The fraction of sp³-hybridized carbons (Fsp3) is 0.467. The highest BCUT2D eigenvalue weighted by Crippen LogP contribution is 2.29. The van der Waals surface area contributed by atoms with Gasteiger partial charge in [-0.2, -0.15) is 9.50 Å². The number of hydrogen-bond acceptors (Lipinski definition) is 8. The van der Waals surface area contributed by atoms with E-state index < -0.39 is 0 Å². The third-order valence-corrected chi connectivity index (χ3v) is 4.13. The van der Waals surface area contributed by atoms with Crippen LogP contribution in [-0.4, -0.2) is 53.9 Å². The van der Waals surface area contributed by atoms with Crippen molar-refractivity contribution < 1.29 is 14.1 Å². The lowest BCUT2D eigenvalue weighted by atomic mass is 10.0. The predicted molar refractivity (Wildman–Crippen MR) is 83.6 cm³/mol. The van der Waals surface area contributed by atoms with E-state index in [1.54, 1.807) is 24.0 Å². The van der Waals surface area contributed by atoms with Crippen LogP contribution in [0, 0.1) is 6.92 Å². The Labute approximate surface area is 142 Å². The number of ether oxygens (including phenoxy) is 1. The number of piperidine rings is 1. The second kappa shape index (κ2) is 6.46. The summed E-state index contributed by atoms with van der Waals surface area (Å²) in [7, 11) is 0. The number of carbonyl (C=O) groups excluding carboxylic acids is 1. The molecule has 3 aromatic rings. The van der Waals surface area contributed by atoms with Crippen molar-refractivity contribution in [3.05, 3.63) is 30.2 Å². The molecule has 0 aliphatic carbocycles. The lowest BCUT2D eigenvalue weighted by Gasteiger charge is -2.33. The Morgan fingerprint density at radius 1 is 1.40 bits per heavy atom. The molecule has 0 saturated carbocycles. The third kappa shape index (κ3) is 3.14. The summed E-state index contributed by atoms with van der Waals surface area (Å²) < 4.78 is 12.3.